The van der Waals surface area contributed by atoms with Gasteiger partial charge in [-0.25, -0.2) is 4.79 Å². The van der Waals surface area contributed by atoms with Crippen molar-refractivity contribution in [2.75, 3.05) is 23.9 Å². The van der Waals surface area contributed by atoms with E-state index in [2.05, 4.69) is 10.6 Å². The lowest BCUT2D eigenvalue weighted by Crippen LogP contribution is -2.47. The number of urea groups is 1. The molecular weight excluding hydrogens is 330 g/mol. The fraction of sp³-hybridized carbons (Fsp3) is 0.300. The Hall–Kier alpha value is -3.02. The van der Waals surface area contributed by atoms with Crippen LogP contribution in [0, 0.1) is 6.92 Å². The van der Waals surface area contributed by atoms with E-state index in [0.29, 0.717) is 18.0 Å². The van der Waals surface area contributed by atoms with E-state index in [4.69, 9.17) is 4.74 Å². The van der Waals surface area contributed by atoms with Gasteiger partial charge in [-0.3, -0.25) is 4.79 Å². The van der Waals surface area contributed by atoms with Crippen LogP contribution in [0.4, 0.5) is 16.2 Å². The van der Waals surface area contributed by atoms with E-state index in [9.17, 15) is 9.59 Å². The summed E-state index contributed by atoms with van der Waals surface area (Å²) in [6.45, 7) is 4.26. The first-order valence-electron chi connectivity index (χ1n) is 8.61. The number of methoxy groups -OCH3 is 1. The highest BCUT2D eigenvalue weighted by Gasteiger charge is 2.28. The number of para-hydroxylation sites is 1. The summed E-state index contributed by atoms with van der Waals surface area (Å²) in [5.74, 6) is 0.444. The summed E-state index contributed by atoms with van der Waals surface area (Å²) in [7, 11) is 1.55. The van der Waals surface area contributed by atoms with Crippen LogP contribution in [0.15, 0.2) is 42.5 Å². The van der Waals surface area contributed by atoms with E-state index >= 15 is 0 Å². The minimum atomic E-state index is -0.642. The average Bonchev–Trinajstić information content (AvgIpc) is 3.05. The smallest absolute Gasteiger partial charge is 0.319 e. The van der Waals surface area contributed by atoms with Gasteiger partial charge in [-0.1, -0.05) is 24.3 Å². The fourth-order valence-electron chi connectivity index (χ4n) is 3.14. The van der Waals surface area contributed by atoms with Gasteiger partial charge in [0.1, 0.15) is 11.8 Å². The summed E-state index contributed by atoms with van der Waals surface area (Å²) in [6.07, 6.45) is 0.835. The van der Waals surface area contributed by atoms with Crippen molar-refractivity contribution >= 4 is 23.3 Å². The molecule has 6 heteroatoms. The standard InChI is InChI=1S/C20H23N3O3/c1-13-8-9-18(26-3)16(12-13)22-20(25)21-14(2)19(24)23-11-10-15-6-4-5-7-17(15)23/h4-9,12,14H,10-11H2,1-3H3,(H2,21,22,25). The summed E-state index contributed by atoms with van der Waals surface area (Å²) in [5, 5.41) is 5.46. The average molecular weight is 353 g/mol. The molecule has 1 unspecified atom stereocenters. The molecule has 1 atom stereocenters. The highest BCUT2D eigenvalue weighted by atomic mass is 16.5. The molecule has 2 N–H and O–H groups in total. The number of fused-ring (bicyclic) bond motifs is 1. The zero-order chi connectivity index (χ0) is 18.7. The second kappa shape index (κ2) is 7.47. The van der Waals surface area contributed by atoms with Crippen molar-refractivity contribution in [3.05, 3.63) is 53.6 Å². The van der Waals surface area contributed by atoms with Crippen LogP contribution in [0.2, 0.25) is 0 Å². The van der Waals surface area contributed by atoms with Crippen molar-refractivity contribution in [2.24, 2.45) is 0 Å². The lowest BCUT2D eigenvalue weighted by atomic mass is 10.2. The maximum atomic E-state index is 12.7. The van der Waals surface area contributed by atoms with Gasteiger partial charge < -0.3 is 20.3 Å². The van der Waals surface area contributed by atoms with E-state index in [1.165, 1.54) is 0 Å². The molecular formula is C20H23N3O3. The second-order valence-electron chi connectivity index (χ2n) is 6.39. The zero-order valence-corrected chi connectivity index (χ0v) is 15.2. The number of hydrogen-bond donors (Lipinski definition) is 2. The molecule has 0 aliphatic carbocycles. The normalized spacial score (nSPS) is 13.7. The topological polar surface area (TPSA) is 70.7 Å². The molecule has 1 heterocycles. The molecule has 1 aliphatic rings. The highest BCUT2D eigenvalue weighted by Crippen LogP contribution is 2.28. The van der Waals surface area contributed by atoms with E-state index < -0.39 is 12.1 Å². The molecule has 0 aromatic heterocycles. The summed E-state index contributed by atoms with van der Waals surface area (Å²) >= 11 is 0. The molecule has 0 radical (unpaired) electrons. The van der Waals surface area contributed by atoms with Crippen molar-refractivity contribution in [3.63, 3.8) is 0 Å². The minimum Gasteiger partial charge on any atom is -0.495 e. The monoisotopic (exact) mass is 353 g/mol. The third kappa shape index (κ3) is 3.64. The number of nitrogens with zero attached hydrogens (tertiary/aromatic N) is 1. The molecule has 0 saturated carbocycles. The van der Waals surface area contributed by atoms with Gasteiger partial charge in [-0.15, -0.1) is 0 Å². The predicted molar refractivity (Wildman–Crippen MR) is 102 cm³/mol. The Kier molecular flexibility index (Phi) is 5.11. The Labute approximate surface area is 153 Å². The van der Waals surface area contributed by atoms with Crippen molar-refractivity contribution in [3.8, 4) is 5.75 Å². The zero-order valence-electron chi connectivity index (χ0n) is 15.2. The SMILES string of the molecule is COc1ccc(C)cc1NC(=O)NC(C)C(=O)N1CCc2ccccc21. The summed E-state index contributed by atoms with van der Waals surface area (Å²) in [4.78, 5) is 26.8. The second-order valence-corrected chi connectivity index (χ2v) is 6.39. The Bertz CT molecular complexity index is 835. The van der Waals surface area contributed by atoms with Crippen LogP contribution in [-0.2, 0) is 11.2 Å². The van der Waals surface area contributed by atoms with Gasteiger partial charge in [0.25, 0.3) is 0 Å². The molecule has 6 nitrogen and oxygen atoms in total. The maximum Gasteiger partial charge on any atom is 0.319 e. The van der Waals surface area contributed by atoms with Crippen molar-refractivity contribution < 1.29 is 14.3 Å². The minimum absolute atomic E-state index is 0.124. The molecule has 0 saturated heterocycles. The number of rotatable bonds is 4. The van der Waals surface area contributed by atoms with Crippen molar-refractivity contribution in [2.45, 2.75) is 26.3 Å². The lowest BCUT2D eigenvalue weighted by molar-refractivity contribution is -0.119. The van der Waals surface area contributed by atoms with E-state index in [-0.39, 0.29) is 5.91 Å². The van der Waals surface area contributed by atoms with Crippen molar-refractivity contribution in [1.29, 1.82) is 0 Å². The Morgan fingerprint density at radius 2 is 1.96 bits per heavy atom. The van der Waals surface area contributed by atoms with Crippen LogP contribution in [0.5, 0.6) is 5.75 Å². The number of aryl methyl sites for hydroxylation is 1. The van der Waals surface area contributed by atoms with Gasteiger partial charge in [0, 0.05) is 12.2 Å². The molecule has 0 fully saturated rings. The number of ether oxygens (including phenoxy) is 1. The summed E-state index contributed by atoms with van der Waals surface area (Å²) in [5.41, 5.74) is 3.64. The molecule has 1 aliphatic heterocycles. The number of carbonyl (C=O) groups is 2. The molecule has 0 spiro atoms. The van der Waals surface area contributed by atoms with Gasteiger partial charge in [-0.2, -0.15) is 0 Å². The van der Waals surface area contributed by atoms with Crippen LogP contribution in [-0.4, -0.2) is 31.6 Å². The molecule has 3 amide bonds. The Morgan fingerprint density at radius 1 is 1.19 bits per heavy atom. The van der Waals surface area contributed by atoms with E-state index in [1.807, 2.05) is 43.3 Å². The number of benzene rings is 2. The highest BCUT2D eigenvalue weighted by molar-refractivity contribution is 6.02. The van der Waals surface area contributed by atoms with E-state index in [1.54, 1.807) is 25.0 Å². The summed E-state index contributed by atoms with van der Waals surface area (Å²) in [6, 6.07) is 12.3. The summed E-state index contributed by atoms with van der Waals surface area (Å²) < 4.78 is 5.26. The third-order valence-corrected chi connectivity index (χ3v) is 4.47. The van der Waals surface area contributed by atoms with Gasteiger partial charge in [0.15, 0.2) is 0 Å². The quantitative estimate of drug-likeness (QED) is 0.887. The molecule has 3 rings (SSSR count). The number of amides is 3. The van der Waals surface area contributed by atoms with Crippen LogP contribution in [0.1, 0.15) is 18.1 Å². The predicted octanol–water partition coefficient (Wildman–Crippen LogP) is 3.10. The third-order valence-electron chi connectivity index (χ3n) is 4.47. The Morgan fingerprint density at radius 3 is 2.73 bits per heavy atom. The molecule has 2 aromatic carbocycles. The van der Waals surface area contributed by atoms with Crippen LogP contribution < -0.4 is 20.3 Å². The largest absolute Gasteiger partial charge is 0.495 e. The maximum absolute atomic E-state index is 12.7. The van der Waals surface area contributed by atoms with Gasteiger partial charge in [0.05, 0.1) is 12.8 Å². The lowest BCUT2D eigenvalue weighted by Gasteiger charge is -2.22. The van der Waals surface area contributed by atoms with Gasteiger partial charge >= 0.3 is 6.03 Å². The van der Waals surface area contributed by atoms with Crippen molar-refractivity contribution in [1.82, 2.24) is 5.32 Å². The Balaban J connectivity index is 1.65. The number of nitrogens with one attached hydrogen (secondary N) is 2. The van der Waals surface area contributed by atoms with E-state index in [0.717, 1.165) is 23.2 Å². The fourth-order valence-corrected chi connectivity index (χ4v) is 3.14. The first-order valence-corrected chi connectivity index (χ1v) is 8.61. The number of hydrogen-bond acceptors (Lipinski definition) is 3. The van der Waals surface area contributed by atoms with Gasteiger partial charge in [-0.05, 0) is 49.6 Å². The van der Waals surface area contributed by atoms with Crippen LogP contribution >= 0.6 is 0 Å². The first-order chi connectivity index (χ1) is 12.5. The van der Waals surface area contributed by atoms with Crippen LogP contribution in [0.3, 0.4) is 0 Å². The molecule has 0 bridgehead atoms. The van der Waals surface area contributed by atoms with Crippen LogP contribution in [0.25, 0.3) is 0 Å². The molecule has 2 aromatic rings. The first kappa shape index (κ1) is 17.8. The number of carbonyl (C=O) groups excluding carboxylic acids is 2. The number of anilines is 2. The molecule has 136 valence electrons. The molecule has 26 heavy (non-hydrogen) atoms. The van der Waals surface area contributed by atoms with Gasteiger partial charge in [0.2, 0.25) is 5.91 Å².